The molecule has 0 aliphatic rings. The van der Waals surface area contributed by atoms with Crippen LogP contribution in [0, 0.1) is 0 Å². The zero-order valence-corrected chi connectivity index (χ0v) is 12.0. The van der Waals surface area contributed by atoms with E-state index in [2.05, 4.69) is 15.5 Å². The van der Waals surface area contributed by atoms with Gasteiger partial charge in [-0.25, -0.2) is 9.59 Å². The number of carboxylic acids is 1. The Morgan fingerprint density at radius 1 is 1.25 bits per heavy atom. The first-order chi connectivity index (χ1) is 9.40. The molecule has 0 aromatic rings. The maximum absolute atomic E-state index is 11.5. The Bertz CT molecular complexity index is 331. The predicted molar refractivity (Wildman–Crippen MR) is 74.2 cm³/mol. The van der Waals surface area contributed by atoms with Crippen LogP contribution in [0.5, 0.6) is 0 Å². The van der Waals surface area contributed by atoms with Crippen molar-refractivity contribution in [3.05, 3.63) is 0 Å². The predicted octanol–water partition coefficient (Wildman–Crippen LogP) is -0.654. The largest absolute Gasteiger partial charge is 0.480 e. The summed E-state index contributed by atoms with van der Waals surface area (Å²) in [6.07, 6.45) is -0.106. The van der Waals surface area contributed by atoms with E-state index in [4.69, 9.17) is 10.8 Å². The van der Waals surface area contributed by atoms with Gasteiger partial charge in [0, 0.05) is 19.5 Å². The van der Waals surface area contributed by atoms with Gasteiger partial charge in [0.25, 0.3) is 0 Å². The molecule has 0 heterocycles. The van der Waals surface area contributed by atoms with Crippen molar-refractivity contribution in [3.8, 4) is 0 Å². The second-order valence-electron chi connectivity index (χ2n) is 4.32. The molecule has 20 heavy (non-hydrogen) atoms. The number of nitrogens with zero attached hydrogens (tertiary/aromatic N) is 1. The zero-order valence-electron chi connectivity index (χ0n) is 12.0. The third kappa shape index (κ3) is 8.30. The van der Waals surface area contributed by atoms with Crippen LogP contribution in [-0.4, -0.2) is 60.1 Å². The van der Waals surface area contributed by atoms with Crippen molar-refractivity contribution in [1.82, 2.24) is 15.5 Å². The van der Waals surface area contributed by atoms with Crippen LogP contribution >= 0.6 is 0 Å². The summed E-state index contributed by atoms with van der Waals surface area (Å²) in [6, 6.07) is -1.68. The Hall–Kier alpha value is -1.83. The van der Waals surface area contributed by atoms with Crippen molar-refractivity contribution in [1.29, 1.82) is 0 Å². The number of aliphatic carboxylic acids is 1. The average molecular weight is 288 g/mol. The number of likely N-dealkylation sites (N-methyl/N-ethyl adjacent to an activating group) is 1. The van der Waals surface area contributed by atoms with E-state index in [1.165, 1.54) is 0 Å². The minimum absolute atomic E-state index is 0.0197. The summed E-state index contributed by atoms with van der Waals surface area (Å²) in [4.78, 5) is 35.2. The van der Waals surface area contributed by atoms with Crippen LogP contribution in [0.4, 0.5) is 4.79 Å². The van der Waals surface area contributed by atoms with E-state index in [-0.39, 0.29) is 12.8 Å². The lowest BCUT2D eigenvalue weighted by atomic mass is 10.1. The molecule has 8 heteroatoms. The van der Waals surface area contributed by atoms with E-state index in [0.29, 0.717) is 13.1 Å². The molecule has 0 aliphatic heterocycles. The summed E-state index contributed by atoms with van der Waals surface area (Å²) in [7, 11) is 0. The maximum Gasteiger partial charge on any atom is 0.326 e. The van der Waals surface area contributed by atoms with Gasteiger partial charge in [0.05, 0.1) is 0 Å². The lowest BCUT2D eigenvalue weighted by Gasteiger charge is -2.19. The van der Waals surface area contributed by atoms with E-state index in [1.54, 1.807) is 0 Å². The molecule has 0 aromatic carbocycles. The number of amides is 3. The van der Waals surface area contributed by atoms with Crippen molar-refractivity contribution in [2.45, 2.75) is 32.7 Å². The first-order valence-electron chi connectivity index (χ1n) is 6.68. The number of nitrogens with one attached hydrogen (secondary N) is 2. The molecule has 3 amide bonds. The number of primary amides is 1. The van der Waals surface area contributed by atoms with Crippen LogP contribution in [0.3, 0.4) is 0 Å². The van der Waals surface area contributed by atoms with Crippen LogP contribution in [0.2, 0.25) is 0 Å². The maximum atomic E-state index is 11.5. The normalized spacial score (nSPS) is 11.9. The third-order valence-electron chi connectivity index (χ3n) is 2.89. The van der Waals surface area contributed by atoms with Crippen LogP contribution in [0.15, 0.2) is 0 Å². The topological polar surface area (TPSA) is 125 Å². The quantitative estimate of drug-likeness (QED) is 0.425. The van der Waals surface area contributed by atoms with E-state index < -0.39 is 23.9 Å². The summed E-state index contributed by atoms with van der Waals surface area (Å²) in [5.74, 6) is -1.79. The summed E-state index contributed by atoms with van der Waals surface area (Å²) in [6.45, 7) is 6.93. The van der Waals surface area contributed by atoms with Crippen molar-refractivity contribution in [2.75, 3.05) is 26.2 Å². The Balaban J connectivity index is 4.07. The lowest BCUT2D eigenvalue weighted by molar-refractivity contribution is -0.139. The highest BCUT2D eigenvalue weighted by Gasteiger charge is 2.20. The summed E-state index contributed by atoms with van der Waals surface area (Å²) in [5, 5.41) is 13.8. The number of carboxylic acid groups (broad SMARTS) is 1. The van der Waals surface area contributed by atoms with Crippen LogP contribution in [0.1, 0.15) is 26.7 Å². The molecule has 8 nitrogen and oxygen atoms in total. The van der Waals surface area contributed by atoms with E-state index in [0.717, 1.165) is 13.1 Å². The molecule has 0 fully saturated rings. The fourth-order valence-corrected chi connectivity index (χ4v) is 1.62. The molecule has 0 saturated carbocycles. The van der Waals surface area contributed by atoms with Gasteiger partial charge >= 0.3 is 12.0 Å². The zero-order chi connectivity index (χ0) is 15.5. The van der Waals surface area contributed by atoms with E-state index in [1.807, 2.05) is 13.8 Å². The molecule has 0 saturated heterocycles. The van der Waals surface area contributed by atoms with Crippen LogP contribution in [-0.2, 0) is 9.59 Å². The van der Waals surface area contributed by atoms with Crippen molar-refractivity contribution in [3.63, 3.8) is 0 Å². The van der Waals surface area contributed by atoms with Crippen LogP contribution < -0.4 is 16.4 Å². The van der Waals surface area contributed by atoms with Crippen LogP contribution in [0.25, 0.3) is 0 Å². The molecular weight excluding hydrogens is 264 g/mol. The highest BCUT2D eigenvalue weighted by Crippen LogP contribution is 1.97. The number of hydrogen-bond acceptors (Lipinski definition) is 4. The number of hydrogen-bond donors (Lipinski definition) is 4. The summed E-state index contributed by atoms with van der Waals surface area (Å²) < 4.78 is 0. The highest BCUT2D eigenvalue weighted by atomic mass is 16.4. The average Bonchev–Trinajstić information content (AvgIpc) is 2.39. The van der Waals surface area contributed by atoms with E-state index >= 15 is 0 Å². The fraction of sp³-hybridized carbons (Fsp3) is 0.750. The first-order valence-corrected chi connectivity index (χ1v) is 6.68. The van der Waals surface area contributed by atoms with Gasteiger partial charge in [0.15, 0.2) is 0 Å². The summed E-state index contributed by atoms with van der Waals surface area (Å²) >= 11 is 0. The van der Waals surface area contributed by atoms with Gasteiger partial charge in [-0.2, -0.15) is 0 Å². The molecular formula is C12H24N4O4. The van der Waals surface area contributed by atoms with Crippen molar-refractivity contribution >= 4 is 17.9 Å². The van der Waals surface area contributed by atoms with Gasteiger partial charge in [0.1, 0.15) is 6.04 Å². The Morgan fingerprint density at radius 2 is 1.85 bits per heavy atom. The van der Waals surface area contributed by atoms with Gasteiger partial charge in [-0.3, -0.25) is 4.79 Å². The molecule has 1 atom stereocenters. The smallest absolute Gasteiger partial charge is 0.326 e. The van der Waals surface area contributed by atoms with Gasteiger partial charge in [-0.1, -0.05) is 13.8 Å². The number of carbonyl (C=O) groups excluding carboxylic acids is 2. The summed E-state index contributed by atoms with van der Waals surface area (Å²) in [5.41, 5.74) is 4.95. The molecule has 0 radical (unpaired) electrons. The SMILES string of the molecule is CCN(CC)CCNC(=O)N[C@@H](CCC(N)=O)C(=O)O. The van der Waals surface area contributed by atoms with Gasteiger partial charge in [-0.15, -0.1) is 0 Å². The molecule has 0 aliphatic carbocycles. The van der Waals surface area contributed by atoms with E-state index in [9.17, 15) is 14.4 Å². The molecule has 5 N–H and O–H groups in total. The lowest BCUT2D eigenvalue weighted by Crippen LogP contribution is -2.47. The monoisotopic (exact) mass is 288 g/mol. The third-order valence-corrected chi connectivity index (χ3v) is 2.89. The highest BCUT2D eigenvalue weighted by molar-refractivity contribution is 5.83. The van der Waals surface area contributed by atoms with Gasteiger partial charge in [0.2, 0.25) is 5.91 Å². The molecule has 0 aromatic heterocycles. The number of nitrogens with two attached hydrogens (primary N) is 1. The second-order valence-corrected chi connectivity index (χ2v) is 4.32. The Labute approximate surface area is 118 Å². The van der Waals surface area contributed by atoms with Gasteiger partial charge in [-0.05, 0) is 19.5 Å². The number of rotatable bonds is 10. The second kappa shape index (κ2) is 10.0. The van der Waals surface area contributed by atoms with Crippen molar-refractivity contribution in [2.24, 2.45) is 5.73 Å². The molecule has 116 valence electrons. The molecule has 0 spiro atoms. The standard InChI is InChI=1S/C12H24N4O4/c1-3-16(4-2)8-7-14-12(20)15-9(11(18)19)5-6-10(13)17/h9H,3-8H2,1-2H3,(H2,13,17)(H,18,19)(H2,14,15,20)/t9-/m0/s1. The minimum atomic E-state index is -1.19. The molecule has 0 unspecified atom stereocenters. The Morgan fingerprint density at radius 3 is 2.30 bits per heavy atom. The van der Waals surface area contributed by atoms with Crippen molar-refractivity contribution < 1.29 is 19.5 Å². The molecule has 0 rings (SSSR count). The Kier molecular flexibility index (Phi) is 9.10. The van der Waals surface area contributed by atoms with Gasteiger partial charge < -0.3 is 26.4 Å². The first kappa shape index (κ1) is 18.2. The number of urea groups is 1. The minimum Gasteiger partial charge on any atom is -0.480 e. The molecule has 0 bridgehead atoms. The number of carbonyl (C=O) groups is 3. The fourth-order valence-electron chi connectivity index (χ4n) is 1.62.